The van der Waals surface area contributed by atoms with Crippen molar-refractivity contribution in [3.05, 3.63) is 34.9 Å². The molecule has 2 atom stereocenters. The lowest BCUT2D eigenvalue weighted by atomic mass is 10.00. The second-order valence-corrected chi connectivity index (χ2v) is 7.35. The van der Waals surface area contributed by atoms with Crippen LogP contribution in [0.5, 0.6) is 0 Å². The van der Waals surface area contributed by atoms with Gasteiger partial charge in [0.2, 0.25) is 0 Å². The summed E-state index contributed by atoms with van der Waals surface area (Å²) in [7, 11) is -1.07. The molecule has 0 aliphatic carbocycles. The maximum atomic E-state index is 13.2. The molecule has 1 aliphatic rings. The molecule has 25 heavy (non-hydrogen) atoms. The van der Waals surface area contributed by atoms with Gasteiger partial charge in [0.05, 0.1) is 32.6 Å². The van der Waals surface area contributed by atoms with Crippen LogP contribution in [0.25, 0.3) is 6.08 Å². The number of hydrogen-bond acceptors (Lipinski definition) is 7. The molecule has 2 rings (SSSR count). The summed E-state index contributed by atoms with van der Waals surface area (Å²) in [6, 6.07) is 3.57. The molecule has 0 saturated heterocycles. The number of carbonyl (C=O) groups excluding carboxylic acids is 2. The molecule has 8 heteroatoms. The van der Waals surface area contributed by atoms with Crippen molar-refractivity contribution in [3.63, 3.8) is 0 Å². The van der Waals surface area contributed by atoms with Gasteiger partial charge in [-0.2, -0.15) is 0 Å². The normalized spacial score (nSPS) is 22.0. The van der Waals surface area contributed by atoms with Gasteiger partial charge in [0, 0.05) is 6.08 Å². The van der Waals surface area contributed by atoms with Gasteiger partial charge >= 0.3 is 19.5 Å². The quantitative estimate of drug-likeness (QED) is 0.433. The minimum Gasteiger partial charge on any atom is -0.469 e. The van der Waals surface area contributed by atoms with Crippen molar-refractivity contribution < 1.29 is 32.7 Å². The standard InChI is InChI=1S/C17H21O7P/c1-5-23-25(20)17-12(6-7-15(18)21-3)8-11(2)9-13(17)14(24-25)10-16(19)22-4/h6-9,14H,5,10H2,1-4H3/b7-6+. The van der Waals surface area contributed by atoms with Gasteiger partial charge < -0.3 is 14.0 Å². The average Bonchev–Trinajstić information content (AvgIpc) is 2.84. The van der Waals surface area contributed by atoms with Gasteiger partial charge in [-0.3, -0.25) is 13.9 Å². The minimum atomic E-state index is -3.62. The maximum Gasteiger partial charge on any atom is 0.362 e. The van der Waals surface area contributed by atoms with E-state index in [1.807, 2.05) is 6.92 Å². The zero-order chi connectivity index (χ0) is 18.6. The summed E-state index contributed by atoms with van der Waals surface area (Å²) in [5.74, 6) is -1.01. The van der Waals surface area contributed by atoms with Gasteiger partial charge in [0.25, 0.3) is 0 Å². The topological polar surface area (TPSA) is 88.1 Å². The molecule has 0 amide bonds. The largest absolute Gasteiger partial charge is 0.469 e. The summed E-state index contributed by atoms with van der Waals surface area (Å²) in [6.07, 6.45) is 1.93. The van der Waals surface area contributed by atoms with Crippen LogP contribution in [0.1, 0.15) is 36.1 Å². The van der Waals surface area contributed by atoms with Crippen molar-refractivity contribution >= 4 is 30.9 Å². The second kappa shape index (κ2) is 7.95. The molecule has 1 aliphatic heterocycles. The average molecular weight is 368 g/mol. The molecular weight excluding hydrogens is 347 g/mol. The Morgan fingerprint density at radius 3 is 2.60 bits per heavy atom. The fourth-order valence-electron chi connectivity index (χ4n) is 2.67. The maximum absolute atomic E-state index is 13.2. The number of methoxy groups -OCH3 is 2. The molecule has 0 spiro atoms. The predicted octanol–water partition coefficient (Wildman–Crippen LogP) is 2.67. The summed E-state index contributed by atoms with van der Waals surface area (Å²) >= 11 is 0. The van der Waals surface area contributed by atoms with Crippen LogP contribution < -0.4 is 5.30 Å². The van der Waals surface area contributed by atoms with Crippen LogP contribution in [-0.2, 0) is 32.7 Å². The molecule has 0 radical (unpaired) electrons. The Hall–Kier alpha value is -1.95. The van der Waals surface area contributed by atoms with E-state index in [2.05, 4.69) is 9.47 Å². The first-order chi connectivity index (χ1) is 11.8. The first-order valence-electron chi connectivity index (χ1n) is 7.75. The molecule has 7 nitrogen and oxygen atoms in total. The third-order valence-corrected chi connectivity index (χ3v) is 5.87. The summed E-state index contributed by atoms with van der Waals surface area (Å²) in [4.78, 5) is 23.1. The van der Waals surface area contributed by atoms with Gasteiger partial charge in [0.1, 0.15) is 6.10 Å². The first-order valence-corrected chi connectivity index (χ1v) is 9.29. The van der Waals surface area contributed by atoms with Crippen molar-refractivity contribution in [1.29, 1.82) is 0 Å². The number of benzene rings is 1. The minimum absolute atomic E-state index is 0.0792. The highest BCUT2D eigenvalue weighted by atomic mass is 31.2. The van der Waals surface area contributed by atoms with Crippen LogP contribution in [0.2, 0.25) is 0 Å². The van der Waals surface area contributed by atoms with Crippen LogP contribution in [0.3, 0.4) is 0 Å². The number of hydrogen-bond donors (Lipinski definition) is 0. The Balaban J connectivity index is 2.57. The Bertz CT molecular complexity index is 754. The zero-order valence-electron chi connectivity index (χ0n) is 14.6. The number of ether oxygens (including phenoxy) is 2. The lowest BCUT2D eigenvalue weighted by molar-refractivity contribution is -0.142. The van der Waals surface area contributed by atoms with Crippen molar-refractivity contribution in [2.24, 2.45) is 0 Å². The highest BCUT2D eigenvalue weighted by molar-refractivity contribution is 7.62. The third kappa shape index (κ3) is 4.18. The molecule has 1 aromatic carbocycles. The molecule has 0 aromatic heterocycles. The smallest absolute Gasteiger partial charge is 0.362 e. The SMILES string of the molecule is CCOP1(=O)OC(CC(=O)OC)c2cc(C)cc(/C=C/C(=O)OC)c21. The molecule has 0 bridgehead atoms. The lowest BCUT2D eigenvalue weighted by Crippen LogP contribution is -2.13. The summed E-state index contributed by atoms with van der Waals surface area (Å²) in [5.41, 5.74) is 2.00. The molecule has 2 unspecified atom stereocenters. The Morgan fingerprint density at radius 2 is 2.00 bits per heavy atom. The molecule has 0 saturated carbocycles. The van der Waals surface area contributed by atoms with Gasteiger partial charge in [0.15, 0.2) is 0 Å². The van der Waals surface area contributed by atoms with Crippen LogP contribution in [0, 0.1) is 6.92 Å². The van der Waals surface area contributed by atoms with Crippen LogP contribution in [-0.4, -0.2) is 32.8 Å². The highest BCUT2D eigenvalue weighted by Crippen LogP contribution is 2.59. The molecular formula is C17H21O7P. The lowest BCUT2D eigenvalue weighted by Gasteiger charge is -2.14. The fraction of sp³-hybridized carbons (Fsp3) is 0.412. The van der Waals surface area contributed by atoms with E-state index < -0.39 is 25.6 Å². The van der Waals surface area contributed by atoms with Crippen LogP contribution in [0.15, 0.2) is 18.2 Å². The van der Waals surface area contributed by atoms with Crippen molar-refractivity contribution in [2.75, 3.05) is 20.8 Å². The molecule has 0 N–H and O–H groups in total. The van der Waals surface area contributed by atoms with Crippen molar-refractivity contribution in [3.8, 4) is 0 Å². The van der Waals surface area contributed by atoms with E-state index >= 15 is 0 Å². The molecule has 0 fully saturated rings. The van der Waals surface area contributed by atoms with E-state index in [-0.39, 0.29) is 13.0 Å². The highest BCUT2D eigenvalue weighted by Gasteiger charge is 2.44. The number of esters is 2. The second-order valence-electron chi connectivity index (χ2n) is 5.44. The number of fused-ring (bicyclic) bond motifs is 1. The first kappa shape index (κ1) is 19.4. The summed E-state index contributed by atoms with van der Waals surface area (Å²) < 4.78 is 33.5. The van der Waals surface area contributed by atoms with E-state index in [4.69, 9.17) is 9.05 Å². The van der Waals surface area contributed by atoms with E-state index in [1.54, 1.807) is 19.1 Å². The van der Waals surface area contributed by atoms with E-state index in [9.17, 15) is 14.2 Å². The van der Waals surface area contributed by atoms with Gasteiger partial charge in [-0.1, -0.05) is 17.7 Å². The van der Waals surface area contributed by atoms with E-state index in [1.165, 1.54) is 26.4 Å². The number of aryl methyl sites for hydroxylation is 1. The number of carbonyl (C=O) groups is 2. The summed E-state index contributed by atoms with van der Waals surface area (Å²) in [6.45, 7) is 3.74. The van der Waals surface area contributed by atoms with E-state index in [0.717, 1.165) is 5.56 Å². The monoisotopic (exact) mass is 368 g/mol. The summed E-state index contributed by atoms with van der Waals surface area (Å²) in [5, 5.41) is 0.369. The molecule has 1 heterocycles. The van der Waals surface area contributed by atoms with Crippen LogP contribution >= 0.6 is 7.60 Å². The van der Waals surface area contributed by atoms with Crippen LogP contribution in [0.4, 0.5) is 0 Å². The zero-order valence-corrected chi connectivity index (χ0v) is 15.5. The van der Waals surface area contributed by atoms with Gasteiger partial charge in [-0.25, -0.2) is 4.79 Å². The van der Waals surface area contributed by atoms with Crippen molar-refractivity contribution in [2.45, 2.75) is 26.4 Å². The predicted molar refractivity (Wildman–Crippen MR) is 91.6 cm³/mol. The molecule has 136 valence electrons. The molecule has 1 aromatic rings. The Labute approximate surface area is 146 Å². The van der Waals surface area contributed by atoms with E-state index in [0.29, 0.717) is 16.4 Å². The third-order valence-electron chi connectivity index (χ3n) is 3.68. The fourth-order valence-corrected chi connectivity index (χ4v) is 4.81. The Kier molecular flexibility index (Phi) is 6.16. The number of rotatable bonds is 6. The Morgan fingerprint density at radius 1 is 1.28 bits per heavy atom. The van der Waals surface area contributed by atoms with Gasteiger partial charge in [-0.05, 0) is 31.1 Å². The van der Waals surface area contributed by atoms with Crippen molar-refractivity contribution in [1.82, 2.24) is 0 Å². The van der Waals surface area contributed by atoms with Gasteiger partial charge in [-0.15, -0.1) is 0 Å².